The first kappa shape index (κ1) is 17.8. The molecule has 1 fully saturated rings. The number of nitrogens with two attached hydrogens (primary N) is 1. The molecule has 1 aromatic heterocycles. The highest BCUT2D eigenvalue weighted by Gasteiger charge is 2.21. The summed E-state index contributed by atoms with van der Waals surface area (Å²) in [5, 5.41) is 5.43. The Labute approximate surface area is 155 Å². The van der Waals surface area contributed by atoms with Crippen molar-refractivity contribution < 1.29 is 9.59 Å². The van der Waals surface area contributed by atoms with Crippen LogP contribution in [0, 0.1) is 0 Å². The molecule has 3 rings (SSSR count). The van der Waals surface area contributed by atoms with Crippen molar-refractivity contribution in [2.75, 3.05) is 18.4 Å². The Morgan fingerprint density at radius 3 is 2.68 bits per heavy atom. The van der Waals surface area contributed by atoms with Crippen LogP contribution < -0.4 is 11.1 Å². The van der Waals surface area contributed by atoms with E-state index in [9.17, 15) is 9.59 Å². The topological polar surface area (TPSA) is 88.3 Å². The van der Waals surface area contributed by atoms with Gasteiger partial charge in [0, 0.05) is 30.7 Å². The molecule has 0 atom stereocenters. The summed E-state index contributed by atoms with van der Waals surface area (Å²) >= 11 is 7.61. The molecule has 1 aliphatic rings. The highest BCUT2D eigenvalue weighted by Crippen LogP contribution is 2.24. The number of hydrogen-bond acceptors (Lipinski definition) is 5. The average molecular weight is 379 g/mol. The number of aromatic nitrogens is 1. The lowest BCUT2D eigenvalue weighted by atomic mass is 10.1. The first-order chi connectivity index (χ1) is 12.1. The molecule has 0 aliphatic carbocycles. The quantitative estimate of drug-likeness (QED) is 0.855. The number of benzene rings is 1. The van der Waals surface area contributed by atoms with Crippen LogP contribution in [0.25, 0.3) is 0 Å². The highest BCUT2D eigenvalue weighted by atomic mass is 35.5. The maximum Gasteiger partial charge on any atom is 0.275 e. The van der Waals surface area contributed by atoms with Gasteiger partial charge in [-0.1, -0.05) is 11.6 Å². The van der Waals surface area contributed by atoms with E-state index in [1.807, 2.05) is 4.90 Å². The second kappa shape index (κ2) is 7.95. The minimum atomic E-state index is -0.331. The number of carbonyl (C=O) groups excluding carboxylic acids is 2. The van der Waals surface area contributed by atoms with Crippen LogP contribution >= 0.6 is 22.9 Å². The number of amides is 2. The lowest BCUT2D eigenvalue weighted by molar-refractivity contribution is 0.0724. The van der Waals surface area contributed by atoms with Crippen LogP contribution in [-0.4, -0.2) is 34.8 Å². The predicted molar refractivity (Wildman–Crippen MR) is 99.2 cm³/mol. The Balaban J connectivity index is 1.70. The van der Waals surface area contributed by atoms with Crippen molar-refractivity contribution in [3.8, 4) is 0 Å². The Morgan fingerprint density at radius 1 is 1.28 bits per heavy atom. The van der Waals surface area contributed by atoms with Gasteiger partial charge in [-0.05, 0) is 37.5 Å². The van der Waals surface area contributed by atoms with Crippen LogP contribution in [0.15, 0.2) is 23.6 Å². The van der Waals surface area contributed by atoms with Crippen molar-refractivity contribution in [1.82, 2.24) is 9.88 Å². The largest absolute Gasteiger partial charge is 0.339 e. The minimum Gasteiger partial charge on any atom is -0.339 e. The summed E-state index contributed by atoms with van der Waals surface area (Å²) in [5.41, 5.74) is 6.80. The van der Waals surface area contributed by atoms with Gasteiger partial charge in [0.1, 0.15) is 10.7 Å². The Morgan fingerprint density at radius 2 is 2.04 bits per heavy atom. The number of likely N-dealkylation sites (tertiary alicyclic amines) is 1. The zero-order valence-electron chi connectivity index (χ0n) is 13.6. The van der Waals surface area contributed by atoms with Crippen molar-refractivity contribution in [3.63, 3.8) is 0 Å². The first-order valence-electron chi connectivity index (χ1n) is 8.13. The third-order valence-corrected chi connectivity index (χ3v) is 5.24. The van der Waals surface area contributed by atoms with E-state index in [0.29, 0.717) is 33.5 Å². The van der Waals surface area contributed by atoms with Gasteiger partial charge in [-0.2, -0.15) is 0 Å². The van der Waals surface area contributed by atoms with E-state index >= 15 is 0 Å². The van der Waals surface area contributed by atoms with Crippen molar-refractivity contribution in [2.24, 2.45) is 5.73 Å². The molecule has 2 amide bonds. The zero-order chi connectivity index (χ0) is 17.8. The maximum atomic E-state index is 12.5. The molecule has 2 heterocycles. The Hall–Kier alpha value is -1.96. The van der Waals surface area contributed by atoms with Crippen LogP contribution in [0.1, 0.15) is 45.1 Å². The van der Waals surface area contributed by atoms with Crippen LogP contribution in [0.4, 0.5) is 5.69 Å². The molecule has 0 spiro atoms. The standard InChI is InChI=1S/C17H19ClN4O2S/c18-13-8-11(20-16(23)14-10-25-15(9-19)21-14)4-5-12(13)17(24)22-6-2-1-3-7-22/h4-5,8,10H,1-3,6-7,9,19H2,(H,20,23). The molecule has 0 unspecified atom stereocenters. The fraction of sp³-hybridized carbons (Fsp3) is 0.353. The summed E-state index contributed by atoms with van der Waals surface area (Å²) in [4.78, 5) is 30.7. The van der Waals surface area contributed by atoms with E-state index in [1.54, 1.807) is 23.6 Å². The molecule has 0 bridgehead atoms. The van der Waals surface area contributed by atoms with E-state index < -0.39 is 0 Å². The fourth-order valence-corrected chi connectivity index (χ4v) is 3.65. The Kier molecular flexibility index (Phi) is 5.67. The van der Waals surface area contributed by atoms with Gasteiger partial charge in [0.2, 0.25) is 0 Å². The van der Waals surface area contributed by atoms with Crippen molar-refractivity contribution >= 4 is 40.4 Å². The summed E-state index contributed by atoms with van der Waals surface area (Å²) in [6, 6.07) is 4.92. The third kappa shape index (κ3) is 4.18. The van der Waals surface area contributed by atoms with E-state index in [2.05, 4.69) is 10.3 Å². The van der Waals surface area contributed by atoms with Crippen LogP contribution in [0.2, 0.25) is 5.02 Å². The molecule has 8 heteroatoms. The van der Waals surface area contributed by atoms with Gasteiger partial charge in [0.05, 0.1) is 10.6 Å². The number of hydrogen-bond donors (Lipinski definition) is 2. The molecule has 132 valence electrons. The number of rotatable bonds is 4. The van der Waals surface area contributed by atoms with Gasteiger partial charge >= 0.3 is 0 Å². The van der Waals surface area contributed by atoms with E-state index in [1.165, 1.54) is 11.3 Å². The van der Waals surface area contributed by atoms with Gasteiger partial charge in [0.25, 0.3) is 11.8 Å². The first-order valence-corrected chi connectivity index (χ1v) is 9.39. The van der Waals surface area contributed by atoms with Gasteiger partial charge in [-0.3, -0.25) is 9.59 Å². The van der Waals surface area contributed by atoms with Gasteiger partial charge in [-0.25, -0.2) is 4.98 Å². The predicted octanol–water partition coefficient (Wildman–Crippen LogP) is 3.13. The highest BCUT2D eigenvalue weighted by molar-refractivity contribution is 7.09. The average Bonchev–Trinajstić information content (AvgIpc) is 3.11. The van der Waals surface area contributed by atoms with Crippen molar-refractivity contribution in [3.05, 3.63) is 44.9 Å². The lowest BCUT2D eigenvalue weighted by Crippen LogP contribution is -2.35. The smallest absolute Gasteiger partial charge is 0.275 e. The van der Waals surface area contributed by atoms with E-state index in [-0.39, 0.29) is 11.8 Å². The zero-order valence-corrected chi connectivity index (χ0v) is 15.2. The molecule has 1 saturated heterocycles. The number of thiazole rings is 1. The molecular weight excluding hydrogens is 360 g/mol. The second-order valence-electron chi connectivity index (χ2n) is 5.83. The summed E-state index contributed by atoms with van der Waals surface area (Å²) in [7, 11) is 0. The molecular formula is C17H19ClN4O2S. The van der Waals surface area contributed by atoms with E-state index in [0.717, 1.165) is 32.4 Å². The molecule has 6 nitrogen and oxygen atoms in total. The molecule has 1 aromatic carbocycles. The van der Waals surface area contributed by atoms with Crippen LogP contribution in [0.3, 0.4) is 0 Å². The van der Waals surface area contributed by atoms with E-state index in [4.69, 9.17) is 17.3 Å². The van der Waals surface area contributed by atoms with Gasteiger partial charge < -0.3 is 16.0 Å². The Bertz CT molecular complexity index is 787. The lowest BCUT2D eigenvalue weighted by Gasteiger charge is -2.27. The van der Waals surface area contributed by atoms with Crippen LogP contribution in [0.5, 0.6) is 0 Å². The number of piperidine rings is 1. The van der Waals surface area contributed by atoms with Gasteiger partial charge in [-0.15, -0.1) is 11.3 Å². The molecule has 0 saturated carbocycles. The van der Waals surface area contributed by atoms with Gasteiger partial charge in [0.15, 0.2) is 0 Å². The number of nitrogens with zero attached hydrogens (tertiary/aromatic N) is 2. The molecule has 2 aromatic rings. The normalized spacial score (nSPS) is 14.4. The molecule has 25 heavy (non-hydrogen) atoms. The number of nitrogens with one attached hydrogen (secondary N) is 1. The summed E-state index contributed by atoms with van der Waals surface area (Å²) in [5.74, 6) is -0.392. The summed E-state index contributed by atoms with van der Waals surface area (Å²) < 4.78 is 0. The monoisotopic (exact) mass is 378 g/mol. The number of carbonyl (C=O) groups is 2. The maximum absolute atomic E-state index is 12.5. The summed E-state index contributed by atoms with van der Waals surface area (Å²) in [6.07, 6.45) is 3.21. The third-order valence-electron chi connectivity index (χ3n) is 4.06. The SMILES string of the molecule is NCc1nc(C(=O)Nc2ccc(C(=O)N3CCCCC3)c(Cl)c2)cs1. The van der Waals surface area contributed by atoms with Crippen molar-refractivity contribution in [2.45, 2.75) is 25.8 Å². The van der Waals surface area contributed by atoms with Crippen LogP contribution in [-0.2, 0) is 6.54 Å². The summed E-state index contributed by atoms with van der Waals surface area (Å²) in [6.45, 7) is 1.83. The molecule has 0 radical (unpaired) electrons. The molecule has 1 aliphatic heterocycles. The second-order valence-corrected chi connectivity index (χ2v) is 7.18. The molecule has 3 N–H and O–H groups in total. The number of anilines is 1. The number of halogens is 1. The van der Waals surface area contributed by atoms with Crippen molar-refractivity contribution in [1.29, 1.82) is 0 Å². The fourth-order valence-electron chi connectivity index (χ4n) is 2.74. The minimum absolute atomic E-state index is 0.0605.